The number of rotatable bonds is 6. The lowest BCUT2D eigenvalue weighted by Gasteiger charge is -2.23. The van der Waals surface area contributed by atoms with Crippen LogP contribution in [0.5, 0.6) is 0 Å². The van der Waals surface area contributed by atoms with Crippen molar-refractivity contribution in [2.75, 3.05) is 38.3 Å². The molecular formula is C21H26ClN3OS2. The van der Waals surface area contributed by atoms with Crippen molar-refractivity contribution in [3.63, 3.8) is 0 Å². The van der Waals surface area contributed by atoms with Gasteiger partial charge in [0.25, 0.3) is 5.91 Å². The number of amides is 1. The van der Waals surface area contributed by atoms with Gasteiger partial charge in [0.15, 0.2) is 5.13 Å². The fourth-order valence-electron chi connectivity index (χ4n) is 2.83. The van der Waals surface area contributed by atoms with Gasteiger partial charge in [-0.15, -0.1) is 24.2 Å². The quantitative estimate of drug-likeness (QED) is 0.494. The largest absolute Gasteiger partial charge is 0.308 e. The molecule has 0 bridgehead atoms. The number of aromatic nitrogens is 1. The summed E-state index contributed by atoms with van der Waals surface area (Å²) in [6.07, 6.45) is 2.07. The fourth-order valence-corrected chi connectivity index (χ4v) is 4.37. The number of thiazole rings is 1. The number of fused-ring (bicyclic) bond motifs is 1. The van der Waals surface area contributed by atoms with E-state index in [4.69, 9.17) is 4.98 Å². The van der Waals surface area contributed by atoms with Crippen LogP contribution in [0, 0.1) is 13.8 Å². The van der Waals surface area contributed by atoms with Gasteiger partial charge in [0.05, 0.1) is 10.2 Å². The van der Waals surface area contributed by atoms with E-state index in [9.17, 15) is 4.79 Å². The Hall–Kier alpha value is -1.60. The molecule has 7 heteroatoms. The number of carbonyl (C=O) groups is 1. The summed E-state index contributed by atoms with van der Waals surface area (Å²) in [6.45, 7) is 5.39. The van der Waals surface area contributed by atoms with Crippen molar-refractivity contribution in [3.05, 3.63) is 53.1 Å². The average molecular weight is 436 g/mol. The third-order valence-corrected chi connectivity index (χ3v) is 6.22. The van der Waals surface area contributed by atoms with Crippen LogP contribution in [0.3, 0.4) is 0 Å². The zero-order chi connectivity index (χ0) is 19.6. The predicted octanol–water partition coefficient (Wildman–Crippen LogP) is 5.27. The highest BCUT2D eigenvalue weighted by molar-refractivity contribution is 7.98. The second-order valence-electron chi connectivity index (χ2n) is 6.91. The minimum absolute atomic E-state index is 0. The summed E-state index contributed by atoms with van der Waals surface area (Å²) < 4.78 is 1.11. The minimum Gasteiger partial charge on any atom is -0.308 e. The molecule has 0 fully saturated rings. The number of hydrogen-bond acceptors (Lipinski definition) is 5. The molecule has 0 spiro atoms. The van der Waals surface area contributed by atoms with Crippen LogP contribution in [0.2, 0.25) is 0 Å². The Morgan fingerprint density at radius 3 is 2.54 bits per heavy atom. The molecular weight excluding hydrogens is 410 g/mol. The highest BCUT2D eigenvalue weighted by Gasteiger charge is 2.23. The molecule has 2 aromatic carbocycles. The van der Waals surface area contributed by atoms with E-state index in [1.54, 1.807) is 23.1 Å². The fraction of sp³-hybridized carbons (Fsp3) is 0.333. The molecule has 0 N–H and O–H groups in total. The third kappa shape index (κ3) is 5.06. The number of thioether (sulfide) groups is 1. The van der Waals surface area contributed by atoms with Crippen LogP contribution < -0.4 is 4.90 Å². The lowest BCUT2D eigenvalue weighted by atomic mass is 10.0. The number of aryl methyl sites for hydroxylation is 2. The first-order chi connectivity index (χ1) is 12.9. The SMILES string of the molecule is CSc1ccc2nc(N(CCN(C)C)C(=O)c3cc(C)ccc3C)sc2c1.Cl. The van der Waals surface area contributed by atoms with Gasteiger partial charge in [-0.25, -0.2) is 4.98 Å². The van der Waals surface area contributed by atoms with Crippen LogP contribution >= 0.6 is 35.5 Å². The Morgan fingerprint density at radius 2 is 1.86 bits per heavy atom. The van der Waals surface area contributed by atoms with Gasteiger partial charge in [-0.3, -0.25) is 9.69 Å². The summed E-state index contributed by atoms with van der Waals surface area (Å²) in [5.41, 5.74) is 3.77. The number of nitrogens with zero attached hydrogens (tertiary/aromatic N) is 3. The molecule has 0 radical (unpaired) electrons. The molecule has 150 valence electrons. The van der Waals surface area contributed by atoms with E-state index in [1.807, 2.05) is 57.1 Å². The smallest absolute Gasteiger partial charge is 0.260 e. The van der Waals surface area contributed by atoms with Gasteiger partial charge in [-0.1, -0.05) is 29.0 Å². The monoisotopic (exact) mass is 435 g/mol. The van der Waals surface area contributed by atoms with Crippen molar-refractivity contribution in [1.29, 1.82) is 0 Å². The van der Waals surface area contributed by atoms with Crippen LogP contribution in [0.15, 0.2) is 41.3 Å². The van der Waals surface area contributed by atoms with E-state index >= 15 is 0 Å². The Balaban J connectivity index is 0.00000280. The maximum absolute atomic E-state index is 13.4. The minimum atomic E-state index is 0. The molecule has 0 aliphatic rings. The Morgan fingerprint density at radius 1 is 1.11 bits per heavy atom. The standard InChI is InChI=1S/C21H25N3OS2.ClH/c1-14-6-7-15(2)17(12-14)20(25)24(11-10-23(3)4)21-22-18-9-8-16(26-5)13-19(18)27-21;/h6-9,12-13H,10-11H2,1-5H3;1H. The number of benzene rings is 2. The van der Waals surface area contributed by atoms with Crippen LogP contribution in [0.4, 0.5) is 5.13 Å². The topological polar surface area (TPSA) is 36.4 Å². The first-order valence-electron chi connectivity index (χ1n) is 8.87. The Labute approximate surface area is 181 Å². The van der Waals surface area contributed by atoms with Gasteiger partial charge in [0.1, 0.15) is 0 Å². The molecule has 0 unspecified atom stereocenters. The summed E-state index contributed by atoms with van der Waals surface area (Å²) in [7, 11) is 4.04. The average Bonchev–Trinajstić information content (AvgIpc) is 3.06. The van der Waals surface area contributed by atoms with Crippen molar-refractivity contribution in [2.45, 2.75) is 18.7 Å². The van der Waals surface area contributed by atoms with Crippen molar-refractivity contribution in [2.24, 2.45) is 0 Å². The number of hydrogen-bond donors (Lipinski definition) is 0. The molecule has 1 aromatic heterocycles. The molecule has 0 aliphatic heterocycles. The number of carbonyl (C=O) groups excluding carboxylic acids is 1. The van der Waals surface area contributed by atoms with Crippen molar-refractivity contribution in [1.82, 2.24) is 9.88 Å². The van der Waals surface area contributed by atoms with Crippen LogP contribution in [0.1, 0.15) is 21.5 Å². The Kier molecular flexibility index (Phi) is 7.89. The number of likely N-dealkylation sites (N-methyl/N-ethyl adjacent to an activating group) is 1. The van der Waals surface area contributed by atoms with Gasteiger partial charge in [0.2, 0.25) is 0 Å². The molecule has 0 aliphatic carbocycles. The van der Waals surface area contributed by atoms with E-state index in [0.29, 0.717) is 6.54 Å². The van der Waals surface area contributed by atoms with Crippen molar-refractivity contribution >= 4 is 56.8 Å². The molecule has 1 amide bonds. The summed E-state index contributed by atoms with van der Waals surface area (Å²) in [6, 6.07) is 12.3. The van der Waals surface area contributed by atoms with Gasteiger partial charge in [-0.2, -0.15) is 0 Å². The summed E-state index contributed by atoms with van der Waals surface area (Å²) >= 11 is 3.30. The van der Waals surface area contributed by atoms with Crippen LogP contribution in [0.25, 0.3) is 10.2 Å². The summed E-state index contributed by atoms with van der Waals surface area (Å²) in [4.78, 5) is 23.3. The molecule has 3 rings (SSSR count). The normalized spacial score (nSPS) is 10.9. The van der Waals surface area contributed by atoms with Crippen LogP contribution in [-0.2, 0) is 0 Å². The van der Waals surface area contributed by atoms with Gasteiger partial charge in [-0.05, 0) is 64.0 Å². The molecule has 0 saturated carbocycles. The van der Waals surface area contributed by atoms with Gasteiger partial charge >= 0.3 is 0 Å². The maximum Gasteiger partial charge on any atom is 0.260 e. The third-order valence-electron chi connectivity index (χ3n) is 4.45. The van der Waals surface area contributed by atoms with E-state index < -0.39 is 0 Å². The number of anilines is 1. The summed E-state index contributed by atoms with van der Waals surface area (Å²) in [5, 5.41) is 0.760. The summed E-state index contributed by atoms with van der Waals surface area (Å²) in [5.74, 6) is 0.0159. The van der Waals surface area contributed by atoms with Crippen molar-refractivity contribution < 1.29 is 4.79 Å². The Bertz CT molecular complexity index is 971. The molecule has 0 atom stereocenters. The zero-order valence-electron chi connectivity index (χ0n) is 16.9. The number of halogens is 1. The maximum atomic E-state index is 13.4. The lowest BCUT2D eigenvalue weighted by molar-refractivity contribution is 0.0984. The molecule has 28 heavy (non-hydrogen) atoms. The zero-order valence-corrected chi connectivity index (χ0v) is 19.3. The second-order valence-corrected chi connectivity index (χ2v) is 8.80. The second kappa shape index (κ2) is 9.74. The van der Waals surface area contributed by atoms with E-state index in [2.05, 4.69) is 23.3 Å². The molecule has 4 nitrogen and oxygen atoms in total. The molecule has 0 saturated heterocycles. The van der Waals surface area contributed by atoms with Crippen molar-refractivity contribution in [3.8, 4) is 0 Å². The van der Waals surface area contributed by atoms with Gasteiger partial charge < -0.3 is 4.90 Å². The van der Waals surface area contributed by atoms with Crippen LogP contribution in [-0.4, -0.2) is 49.2 Å². The van der Waals surface area contributed by atoms with E-state index in [1.165, 1.54) is 4.90 Å². The highest BCUT2D eigenvalue weighted by Crippen LogP contribution is 2.32. The molecule has 3 aromatic rings. The van der Waals surface area contributed by atoms with Gasteiger partial charge in [0, 0.05) is 23.5 Å². The molecule has 1 heterocycles. The predicted molar refractivity (Wildman–Crippen MR) is 125 cm³/mol. The first kappa shape index (κ1) is 22.7. The van der Waals surface area contributed by atoms with E-state index in [0.717, 1.165) is 38.6 Å². The van der Waals surface area contributed by atoms with E-state index in [-0.39, 0.29) is 18.3 Å². The highest BCUT2D eigenvalue weighted by atomic mass is 35.5. The first-order valence-corrected chi connectivity index (χ1v) is 10.9. The lowest BCUT2D eigenvalue weighted by Crippen LogP contribution is -2.37.